The van der Waals surface area contributed by atoms with Crippen LogP contribution in [-0.2, 0) is 33.2 Å². The lowest BCUT2D eigenvalue weighted by atomic mass is 9.98. The maximum absolute atomic E-state index is 13.1. The summed E-state index contributed by atoms with van der Waals surface area (Å²) in [6.07, 6.45) is 48.1. The van der Waals surface area contributed by atoms with Gasteiger partial charge in [-0.05, 0) is 83.5 Å². The zero-order chi connectivity index (χ0) is 56.5. The summed E-state index contributed by atoms with van der Waals surface area (Å²) in [5.41, 5.74) is 0. The molecule has 11 unspecified atom stereocenters. The van der Waals surface area contributed by atoms with Crippen molar-refractivity contribution < 1.29 is 69.0 Å². The molecule has 2 rings (SSSR count). The molecular formula is C64H112O14. The number of carbonyl (C=O) groups excluding carboxylic acids is 1. The third kappa shape index (κ3) is 36.0. The average Bonchev–Trinajstić information content (AvgIpc) is 3.44. The average molecular weight is 1110 g/mol. The Bertz CT molecular complexity index is 1560. The number of carbonyl (C=O) groups is 1. The van der Waals surface area contributed by atoms with Crippen LogP contribution in [0.3, 0.4) is 0 Å². The molecule has 0 aromatic heterocycles. The Morgan fingerprint density at radius 1 is 0.436 bits per heavy atom. The third-order valence-electron chi connectivity index (χ3n) is 14.4. The summed E-state index contributed by atoms with van der Waals surface area (Å²) in [6, 6.07) is 0. The molecular weight excluding hydrogens is 993 g/mol. The van der Waals surface area contributed by atoms with E-state index in [2.05, 4.69) is 86.8 Å². The van der Waals surface area contributed by atoms with Crippen LogP contribution in [0.4, 0.5) is 0 Å². The summed E-state index contributed by atoms with van der Waals surface area (Å²) in [4.78, 5) is 13.1. The monoisotopic (exact) mass is 1100 g/mol. The first kappa shape index (κ1) is 71.5. The van der Waals surface area contributed by atoms with Crippen molar-refractivity contribution in [2.45, 2.75) is 293 Å². The molecule has 2 aliphatic heterocycles. The van der Waals surface area contributed by atoms with Gasteiger partial charge in [-0.15, -0.1) is 0 Å². The minimum absolute atomic E-state index is 0.0548. The molecule has 14 heteroatoms. The number of hydrogen-bond acceptors (Lipinski definition) is 14. The summed E-state index contributed by atoms with van der Waals surface area (Å²) in [5, 5.41) is 72.5. The molecule has 14 nitrogen and oxygen atoms in total. The zero-order valence-corrected chi connectivity index (χ0v) is 48.6. The summed E-state index contributed by atoms with van der Waals surface area (Å²) in [6.45, 7) is 3.56. The van der Waals surface area contributed by atoms with Gasteiger partial charge < -0.3 is 64.2 Å². The number of aliphatic hydroxyl groups excluding tert-OH is 7. The first-order chi connectivity index (χ1) is 38.1. The van der Waals surface area contributed by atoms with Crippen molar-refractivity contribution >= 4 is 5.97 Å². The van der Waals surface area contributed by atoms with Crippen molar-refractivity contribution in [1.82, 2.24) is 0 Å². The lowest BCUT2D eigenvalue weighted by molar-refractivity contribution is -0.332. The summed E-state index contributed by atoms with van der Waals surface area (Å²) >= 11 is 0. The second-order valence-electron chi connectivity index (χ2n) is 21.5. The molecule has 11 atom stereocenters. The van der Waals surface area contributed by atoms with E-state index in [0.717, 1.165) is 83.5 Å². The maximum Gasteiger partial charge on any atom is 0.306 e. The van der Waals surface area contributed by atoms with Crippen molar-refractivity contribution in [2.75, 3.05) is 33.0 Å². The summed E-state index contributed by atoms with van der Waals surface area (Å²) in [7, 11) is 0. The van der Waals surface area contributed by atoms with Crippen LogP contribution >= 0.6 is 0 Å². The Kier molecular flexibility index (Phi) is 46.0. The van der Waals surface area contributed by atoms with Gasteiger partial charge in [-0.3, -0.25) is 4.79 Å². The highest BCUT2D eigenvalue weighted by Gasteiger charge is 2.47. The van der Waals surface area contributed by atoms with Gasteiger partial charge >= 0.3 is 5.97 Å². The molecule has 2 aliphatic rings. The molecule has 0 aromatic carbocycles. The van der Waals surface area contributed by atoms with E-state index in [1.807, 2.05) is 0 Å². The third-order valence-corrected chi connectivity index (χ3v) is 14.4. The van der Waals surface area contributed by atoms with Crippen LogP contribution < -0.4 is 0 Å². The predicted octanol–water partition coefficient (Wildman–Crippen LogP) is 11.8. The van der Waals surface area contributed by atoms with E-state index in [0.29, 0.717) is 13.0 Å². The Morgan fingerprint density at radius 3 is 1.31 bits per heavy atom. The number of aliphatic hydroxyl groups is 7. The fraction of sp³-hybridized carbons (Fsp3) is 0.797. The molecule has 7 N–H and O–H groups in total. The van der Waals surface area contributed by atoms with E-state index in [-0.39, 0.29) is 25.6 Å². The molecule has 0 aliphatic carbocycles. The molecule has 2 heterocycles. The van der Waals surface area contributed by atoms with Gasteiger partial charge in [0.25, 0.3) is 0 Å². The van der Waals surface area contributed by atoms with E-state index >= 15 is 0 Å². The number of allylic oxidation sites excluding steroid dienone is 12. The van der Waals surface area contributed by atoms with E-state index in [1.54, 1.807) is 0 Å². The Labute approximate surface area is 472 Å². The zero-order valence-electron chi connectivity index (χ0n) is 48.6. The van der Waals surface area contributed by atoms with Crippen molar-refractivity contribution in [3.8, 4) is 0 Å². The highest BCUT2D eigenvalue weighted by atomic mass is 16.7. The minimum Gasteiger partial charge on any atom is -0.457 e. The quantitative estimate of drug-likeness (QED) is 0.0172. The van der Waals surface area contributed by atoms with Crippen molar-refractivity contribution in [3.63, 3.8) is 0 Å². The Morgan fingerprint density at radius 2 is 0.833 bits per heavy atom. The molecule has 0 aromatic rings. The molecule has 78 heavy (non-hydrogen) atoms. The van der Waals surface area contributed by atoms with Gasteiger partial charge in [0.2, 0.25) is 0 Å². The normalized spacial score (nSPS) is 24.6. The van der Waals surface area contributed by atoms with Crippen LogP contribution in [0, 0.1) is 0 Å². The molecule has 2 fully saturated rings. The second-order valence-corrected chi connectivity index (χ2v) is 21.5. The predicted molar refractivity (Wildman–Crippen MR) is 312 cm³/mol. The summed E-state index contributed by atoms with van der Waals surface area (Å²) in [5.74, 6) is -0.381. The Balaban J connectivity index is 1.69. The van der Waals surface area contributed by atoms with Gasteiger partial charge in [-0.2, -0.15) is 0 Å². The molecule has 0 spiro atoms. The smallest absolute Gasteiger partial charge is 0.306 e. The van der Waals surface area contributed by atoms with Crippen LogP contribution in [0.2, 0.25) is 0 Å². The van der Waals surface area contributed by atoms with Gasteiger partial charge in [-0.25, -0.2) is 0 Å². The van der Waals surface area contributed by atoms with Crippen molar-refractivity contribution in [3.05, 3.63) is 72.9 Å². The van der Waals surface area contributed by atoms with Crippen LogP contribution in [0.5, 0.6) is 0 Å². The van der Waals surface area contributed by atoms with Gasteiger partial charge in [-0.1, -0.05) is 209 Å². The van der Waals surface area contributed by atoms with E-state index in [1.165, 1.54) is 116 Å². The second kappa shape index (κ2) is 50.2. The molecule has 0 radical (unpaired) electrons. The lowest BCUT2D eigenvalue weighted by Crippen LogP contribution is -2.61. The largest absolute Gasteiger partial charge is 0.457 e. The highest BCUT2D eigenvalue weighted by Crippen LogP contribution is 2.27. The van der Waals surface area contributed by atoms with Crippen LogP contribution in [0.15, 0.2) is 72.9 Å². The van der Waals surface area contributed by atoms with Crippen LogP contribution in [0.1, 0.15) is 226 Å². The van der Waals surface area contributed by atoms with Gasteiger partial charge in [0, 0.05) is 13.0 Å². The number of rotatable bonds is 50. The van der Waals surface area contributed by atoms with E-state index in [9.17, 15) is 40.5 Å². The van der Waals surface area contributed by atoms with Gasteiger partial charge in [0.05, 0.1) is 26.4 Å². The topological polar surface area (TPSA) is 214 Å². The van der Waals surface area contributed by atoms with E-state index < -0.39 is 80.7 Å². The molecule has 0 bridgehead atoms. The lowest BCUT2D eigenvalue weighted by Gasteiger charge is -2.42. The number of esters is 1. The first-order valence-corrected chi connectivity index (χ1v) is 31.0. The first-order valence-electron chi connectivity index (χ1n) is 31.0. The maximum atomic E-state index is 13.1. The highest BCUT2D eigenvalue weighted by molar-refractivity contribution is 5.69. The Hall–Kier alpha value is -2.57. The standard InChI is InChI=1S/C64H112O14/c1-3-5-7-9-11-13-15-17-19-21-23-24-25-26-27-28-29-31-33-35-37-39-41-43-45-47-56(66)76-53(50-73-48-46-44-42-40-38-36-34-32-30-22-20-18-16-14-12-10-8-6-4-2)51-74-63-62(72)60(70)58(68)55(78-63)52-75-64-61(71)59(69)57(67)54(49-65)77-64/h5,7,11,13-14,16-17,19-20,22-24,53-55,57-65,67-72H,3-4,6,8-10,12,15,18,21,25-52H2,1-2H3/b7-5-,13-11-,16-14-,19-17-,22-20-,24-23-. The molecule has 0 saturated carbocycles. The van der Waals surface area contributed by atoms with Crippen molar-refractivity contribution in [1.29, 1.82) is 0 Å². The fourth-order valence-corrected chi connectivity index (χ4v) is 9.48. The van der Waals surface area contributed by atoms with Crippen molar-refractivity contribution in [2.24, 2.45) is 0 Å². The fourth-order valence-electron chi connectivity index (χ4n) is 9.48. The number of unbranched alkanes of at least 4 members (excludes halogenated alkanes) is 24. The van der Waals surface area contributed by atoms with Crippen LogP contribution in [-0.4, -0.2) is 142 Å². The number of hydrogen-bond donors (Lipinski definition) is 7. The molecule has 452 valence electrons. The number of ether oxygens (including phenoxy) is 6. The molecule has 2 saturated heterocycles. The van der Waals surface area contributed by atoms with Gasteiger partial charge in [0.15, 0.2) is 12.6 Å². The van der Waals surface area contributed by atoms with Gasteiger partial charge in [0.1, 0.15) is 54.9 Å². The summed E-state index contributed by atoms with van der Waals surface area (Å²) < 4.78 is 34.5. The van der Waals surface area contributed by atoms with Crippen LogP contribution in [0.25, 0.3) is 0 Å². The van der Waals surface area contributed by atoms with E-state index in [4.69, 9.17) is 28.4 Å². The SMILES string of the molecule is CC/C=C\C/C=C\C/C=C\C/C=C\CCCCCCCCCCCCCCC(=O)OC(COCCCCCCCCCC/C=C\C/C=C\CCCCCC)COC1OC(COC2OC(CO)C(O)C(O)C2O)C(O)C(O)C1O. The minimum atomic E-state index is -1.71. The molecule has 0 amide bonds.